The first kappa shape index (κ1) is 27.5. The zero-order valence-electron chi connectivity index (χ0n) is 21.3. The zero-order valence-corrected chi connectivity index (χ0v) is 22.9. The molecule has 10 heteroatoms. The van der Waals surface area contributed by atoms with Crippen LogP contribution in [0.25, 0.3) is 11.1 Å². The Morgan fingerprint density at radius 2 is 1.83 bits per heavy atom. The van der Waals surface area contributed by atoms with Crippen LogP contribution in [-0.2, 0) is 27.7 Å². The highest BCUT2D eigenvalue weighted by molar-refractivity contribution is 7.98. The van der Waals surface area contributed by atoms with E-state index >= 15 is 0 Å². The Bertz CT molecular complexity index is 1330. The van der Waals surface area contributed by atoms with E-state index in [0.29, 0.717) is 22.8 Å². The fourth-order valence-corrected chi connectivity index (χ4v) is 5.44. The minimum Gasteiger partial charge on any atom is -0.461 e. The van der Waals surface area contributed by atoms with Crippen molar-refractivity contribution in [3.8, 4) is 11.1 Å². The summed E-state index contributed by atoms with van der Waals surface area (Å²) in [5.41, 5.74) is 2.75. The molecule has 0 atom stereocenters. The third-order valence-electron chi connectivity index (χ3n) is 5.34. The van der Waals surface area contributed by atoms with E-state index in [1.54, 1.807) is 50.2 Å². The average molecular weight is 529 g/mol. The number of carbonyl (C=O) groups is 1. The fourth-order valence-electron chi connectivity index (χ4n) is 3.71. The van der Waals surface area contributed by atoms with Gasteiger partial charge >= 0.3 is 5.97 Å². The van der Waals surface area contributed by atoms with Gasteiger partial charge in [0.2, 0.25) is 0 Å². The summed E-state index contributed by atoms with van der Waals surface area (Å²) >= 11 is 1.43. The molecule has 8 nitrogen and oxygen atoms in total. The summed E-state index contributed by atoms with van der Waals surface area (Å²) < 4.78 is 36.7. The molecular formula is C26H32N4O4S2. The van der Waals surface area contributed by atoms with E-state index in [4.69, 9.17) is 9.72 Å². The molecule has 0 N–H and O–H groups in total. The first-order valence-electron chi connectivity index (χ1n) is 11.7. The van der Waals surface area contributed by atoms with E-state index < -0.39 is 10.0 Å². The molecule has 0 saturated heterocycles. The first-order chi connectivity index (χ1) is 17.2. The van der Waals surface area contributed by atoms with Gasteiger partial charge in [-0.3, -0.25) is 0 Å². The molecule has 0 aliphatic heterocycles. The van der Waals surface area contributed by atoms with Crippen molar-refractivity contribution >= 4 is 34.1 Å². The number of benzene rings is 2. The quantitative estimate of drug-likeness (QED) is 0.154. The number of esters is 1. The number of thioether (sulfide) groups is 1. The molecule has 0 amide bonds. The highest BCUT2D eigenvalue weighted by Crippen LogP contribution is 2.29. The molecule has 36 heavy (non-hydrogen) atoms. The maximum absolute atomic E-state index is 12.8. The second-order valence-electron chi connectivity index (χ2n) is 8.30. The van der Waals surface area contributed by atoms with Gasteiger partial charge in [-0.2, -0.15) is 8.42 Å². The van der Waals surface area contributed by atoms with Crippen molar-refractivity contribution < 1.29 is 17.9 Å². The molecule has 0 aliphatic carbocycles. The molecule has 0 radical (unpaired) electrons. The Balaban J connectivity index is 1.98. The van der Waals surface area contributed by atoms with Crippen LogP contribution in [0, 0.1) is 0 Å². The smallest absolute Gasteiger partial charge is 0.357 e. The van der Waals surface area contributed by atoms with Crippen molar-refractivity contribution in [2.24, 2.45) is 4.40 Å². The lowest BCUT2D eigenvalue weighted by atomic mass is 10.0. The minimum absolute atomic E-state index is 0.143. The Kier molecular flexibility index (Phi) is 9.33. The molecule has 2 aromatic carbocycles. The predicted octanol–water partition coefficient (Wildman–Crippen LogP) is 4.73. The number of rotatable bonds is 11. The monoisotopic (exact) mass is 528 g/mol. The maximum atomic E-state index is 12.8. The van der Waals surface area contributed by atoms with Gasteiger partial charge in [-0.1, -0.05) is 49.4 Å². The summed E-state index contributed by atoms with van der Waals surface area (Å²) in [6, 6.07) is 14.5. The Morgan fingerprint density at radius 1 is 1.14 bits per heavy atom. The summed E-state index contributed by atoms with van der Waals surface area (Å²) in [5, 5.41) is 0.658. The topological polar surface area (TPSA) is 93.9 Å². The van der Waals surface area contributed by atoms with Gasteiger partial charge < -0.3 is 14.2 Å². The summed E-state index contributed by atoms with van der Waals surface area (Å²) in [5.74, 6) is 0.454. The molecular weight excluding hydrogens is 496 g/mol. The van der Waals surface area contributed by atoms with E-state index in [9.17, 15) is 13.2 Å². The summed E-state index contributed by atoms with van der Waals surface area (Å²) in [6.45, 7) is 4.60. The van der Waals surface area contributed by atoms with Gasteiger partial charge in [0.1, 0.15) is 17.2 Å². The number of aryl methyl sites for hydroxylation is 1. The van der Waals surface area contributed by atoms with Crippen LogP contribution in [0.3, 0.4) is 0 Å². The van der Waals surface area contributed by atoms with Gasteiger partial charge in [-0.15, -0.1) is 16.2 Å². The number of nitrogens with zero attached hydrogens (tertiary/aromatic N) is 4. The molecule has 0 saturated carbocycles. The first-order valence-corrected chi connectivity index (χ1v) is 14.3. The minimum atomic E-state index is -3.86. The van der Waals surface area contributed by atoms with Crippen LogP contribution in [-0.4, -0.2) is 62.1 Å². The van der Waals surface area contributed by atoms with Gasteiger partial charge in [-0.25, -0.2) is 9.78 Å². The number of aromatic nitrogens is 2. The van der Waals surface area contributed by atoms with Crippen LogP contribution in [0.4, 0.5) is 0 Å². The van der Waals surface area contributed by atoms with Crippen LogP contribution in [0.1, 0.15) is 42.1 Å². The van der Waals surface area contributed by atoms with Gasteiger partial charge in [0.15, 0.2) is 5.69 Å². The summed E-state index contributed by atoms with van der Waals surface area (Å²) in [6.07, 6.45) is 4.81. The molecule has 0 bridgehead atoms. The van der Waals surface area contributed by atoms with E-state index in [1.807, 2.05) is 35.1 Å². The Morgan fingerprint density at radius 3 is 2.44 bits per heavy atom. The third-order valence-corrected chi connectivity index (χ3v) is 7.29. The molecule has 3 rings (SSSR count). The van der Waals surface area contributed by atoms with E-state index in [2.05, 4.69) is 11.3 Å². The lowest BCUT2D eigenvalue weighted by Crippen LogP contribution is -2.15. The molecule has 1 heterocycles. The van der Waals surface area contributed by atoms with Crippen LogP contribution < -0.4 is 0 Å². The second-order valence-corrected chi connectivity index (χ2v) is 10.7. The number of carbonyl (C=O) groups excluding carboxylic acids is 1. The third kappa shape index (κ3) is 6.36. The second kappa shape index (κ2) is 12.2. The predicted molar refractivity (Wildman–Crippen MR) is 144 cm³/mol. The molecule has 192 valence electrons. The standard InChI is InChI=1S/C26H32N4O4S2/c1-6-10-23-28-25(35-5)24(26(31)34-7-2)30(23)17-19-13-15-20(16-14-19)21-11-8-9-12-22(21)36(32,33)27-18-29(3)4/h8-9,11-16,18H,6-7,10,17H2,1-5H3/b27-18+. The lowest BCUT2D eigenvalue weighted by molar-refractivity contribution is 0.0509. The van der Waals surface area contributed by atoms with Crippen molar-refractivity contribution in [2.45, 2.75) is 43.2 Å². The number of sulfonamides is 1. The van der Waals surface area contributed by atoms with Crippen LogP contribution in [0.15, 0.2) is 62.9 Å². The van der Waals surface area contributed by atoms with Crippen molar-refractivity contribution in [3.63, 3.8) is 0 Å². The van der Waals surface area contributed by atoms with E-state index in [-0.39, 0.29) is 17.5 Å². The van der Waals surface area contributed by atoms with Gasteiger partial charge in [-0.05, 0) is 36.8 Å². The van der Waals surface area contributed by atoms with Crippen molar-refractivity contribution in [1.29, 1.82) is 0 Å². The van der Waals surface area contributed by atoms with Crippen molar-refractivity contribution in [1.82, 2.24) is 14.5 Å². The molecule has 1 aromatic heterocycles. The van der Waals surface area contributed by atoms with Gasteiger partial charge in [0.05, 0.1) is 11.5 Å². The van der Waals surface area contributed by atoms with Crippen molar-refractivity contribution in [3.05, 3.63) is 65.6 Å². The van der Waals surface area contributed by atoms with Crippen LogP contribution in [0.5, 0.6) is 0 Å². The number of hydrogen-bond acceptors (Lipinski definition) is 6. The maximum Gasteiger partial charge on any atom is 0.357 e. The highest BCUT2D eigenvalue weighted by Gasteiger charge is 2.24. The average Bonchev–Trinajstić information content (AvgIpc) is 3.20. The largest absolute Gasteiger partial charge is 0.461 e. The fraction of sp³-hybridized carbons (Fsp3) is 0.346. The molecule has 0 aliphatic rings. The van der Waals surface area contributed by atoms with Crippen molar-refractivity contribution in [2.75, 3.05) is 27.0 Å². The van der Waals surface area contributed by atoms with E-state index in [0.717, 1.165) is 29.8 Å². The van der Waals surface area contributed by atoms with Crippen LogP contribution in [0.2, 0.25) is 0 Å². The van der Waals surface area contributed by atoms with E-state index in [1.165, 1.54) is 18.1 Å². The Hall–Kier alpha value is -3.11. The molecule has 0 unspecified atom stereocenters. The van der Waals surface area contributed by atoms with Gasteiger partial charge in [0, 0.05) is 32.6 Å². The number of ether oxygens (including phenoxy) is 1. The normalized spacial score (nSPS) is 11.7. The molecule has 0 spiro atoms. The highest BCUT2D eigenvalue weighted by atomic mass is 32.2. The Labute approximate surface area is 217 Å². The SMILES string of the molecule is CCCc1nc(SC)c(C(=O)OCC)n1Cc1ccc(-c2ccccc2S(=O)(=O)/N=C/N(C)C)cc1. The number of hydrogen-bond donors (Lipinski definition) is 0. The zero-order chi connectivity index (χ0) is 26.3. The molecule has 0 fully saturated rings. The van der Waals surface area contributed by atoms with Gasteiger partial charge in [0.25, 0.3) is 10.0 Å². The lowest BCUT2D eigenvalue weighted by Gasteiger charge is -2.13. The summed E-state index contributed by atoms with van der Waals surface area (Å²) in [4.78, 5) is 19.2. The van der Waals surface area contributed by atoms with Crippen LogP contribution >= 0.6 is 11.8 Å². The molecule has 3 aromatic rings. The summed E-state index contributed by atoms with van der Waals surface area (Å²) in [7, 11) is -0.437. The number of imidazole rings is 1.